The maximum absolute atomic E-state index is 13.3. The Labute approximate surface area is 218 Å². The summed E-state index contributed by atoms with van der Waals surface area (Å²) in [5, 5.41) is 4.28. The number of carbonyl (C=O) groups excluding carboxylic acids is 1. The van der Waals surface area contributed by atoms with Crippen LogP contribution in [0.4, 0.5) is 11.4 Å². The van der Waals surface area contributed by atoms with Gasteiger partial charge in [0.1, 0.15) is 0 Å². The topological polar surface area (TPSA) is 67.1 Å². The average Bonchev–Trinajstić information content (AvgIpc) is 3.33. The summed E-state index contributed by atoms with van der Waals surface area (Å²) in [5.41, 5.74) is 8.56. The predicted octanol–water partition coefficient (Wildman–Crippen LogP) is 8.09. The number of anilines is 2. The number of fused-ring (bicyclic) bond motifs is 1. The van der Waals surface area contributed by atoms with Gasteiger partial charge in [-0.1, -0.05) is 72.2 Å². The number of nitrogens with one attached hydrogen (secondary N) is 2. The second kappa shape index (κ2) is 10.5. The van der Waals surface area contributed by atoms with Crippen LogP contribution < -0.4 is 16.6 Å². The summed E-state index contributed by atoms with van der Waals surface area (Å²) in [6, 6.07) is 22.8. The van der Waals surface area contributed by atoms with Crippen LogP contribution in [0.25, 0.3) is 20.5 Å². The van der Waals surface area contributed by atoms with Crippen LogP contribution >= 0.6 is 33.9 Å². The fourth-order valence-electron chi connectivity index (χ4n) is 4.90. The van der Waals surface area contributed by atoms with Gasteiger partial charge in [-0.05, 0) is 71.7 Å². The van der Waals surface area contributed by atoms with Crippen LogP contribution in [0.3, 0.4) is 0 Å². The molecule has 0 radical (unpaired) electrons. The van der Waals surface area contributed by atoms with Crippen LogP contribution in [0.5, 0.6) is 0 Å². The maximum atomic E-state index is 13.3. The van der Waals surface area contributed by atoms with Gasteiger partial charge in [0.15, 0.2) is 0 Å². The van der Waals surface area contributed by atoms with Crippen LogP contribution in [0.1, 0.15) is 59.5 Å². The lowest BCUT2D eigenvalue weighted by Gasteiger charge is -2.22. The van der Waals surface area contributed by atoms with Crippen LogP contribution in [-0.2, 0) is 4.43 Å². The van der Waals surface area contributed by atoms with Crippen molar-refractivity contribution in [1.82, 2.24) is 0 Å². The number of amides is 1. The minimum Gasteiger partial charge on any atom is -0.323 e. The van der Waals surface area contributed by atoms with Crippen molar-refractivity contribution in [3.8, 4) is 10.4 Å². The summed E-state index contributed by atoms with van der Waals surface area (Å²) in [5.74, 6) is 6.48. The van der Waals surface area contributed by atoms with E-state index in [1.165, 1.54) is 47.8 Å². The third-order valence-electron chi connectivity index (χ3n) is 6.71. The second-order valence-corrected chi connectivity index (χ2v) is 10.7. The molecule has 4 aromatic rings. The molecule has 0 spiro atoms. The smallest absolute Gasteiger partial charge is 0.255 e. The molecular formula is C28H28IN3OS. The minimum atomic E-state index is -0.109. The summed E-state index contributed by atoms with van der Waals surface area (Å²) in [4.78, 5) is 14.4. The largest absolute Gasteiger partial charge is 0.323 e. The number of rotatable bonds is 6. The number of halogens is 1. The number of carbonyl (C=O) groups is 1. The molecule has 4 nitrogen and oxygen atoms in total. The van der Waals surface area contributed by atoms with Crippen molar-refractivity contribution in [1.29, 1.82) is 0 Å². The molecule has 1 saturated carbocycles. The highest BCUT2D eigenvalue weighted by Gasteiger charge is 2.18. The van der Waals surface area contributed by atoms with Gasteiger partial charge < -0.3 is 10.7 Å². The van der Waals surface area contributed by atoms with Crippen molar-refractivity contribution in [3.63, 3.8) is 0 Å². The highest BCUT2D eigenvalue weighted by atomic mass is 127. The van der Waals surface area contributed by atoms with E-state index < -0.39 is 0 Å². The van der Waals surface area contributed by atoms with Crippen LogP contribution in [0.2, 0.25) is 0 Å². The molecule has 0 saturated heterocycles. The average molecular weight is 582 g/mol. The second-order valence-electron chi connectivity index (χ2n) is 8.90. The molecule has 3 aromatic carbocycles. The molecule has 1 heterocycles. The van der Waals surface area contributed by atoms with Crippen molar-refractivity contribution >= 4 is 61.3 Å². The Kier molecular flexibility index (Phi) is 7.18. The van der Waals surface area contributed by atoms with Crippen molar-refractivity contribution < 1.29 is 4.79 Å². The number of nitrogen functional groups attached to an aromatic ring is 1. The van der Waals surface area contributed by atoms with Crippen molar-refractivity contribution in [3.05, 3.63) is 83.4 Å². The highest BCUT2D eigenvalue weighted by Crippen LogP contribution is 2.40. The zero-order valence-electron chi connectivity index (χ0n) is 18.9. The van der Waals surface area contributed by atoms with E-state index in [2.05, 4.69) is 63.7 Å². The first-order valence-electron chi connectivity index (χ1n) is 11.8. The Bertz CT molecular complexity index is 1280. The van der Waals surface area contributed by atoms with E-state index in [1.54, 1.807) is 11.3 Å². The van der Waals surface area contributed by atoms with Crippen LogP contribution in [0.15, 0.2) is 66.7 Å². The molecule has 4 N–H and O–H groups in total. The van der Waals surface area contributed by atoms with Gasteiger partial charge in [0.25, 0.3) is 5.91 Å². The van der Waals surface area contributed by atoms with Gasteiger partial charge in [-0.2, -0.15) is 0 Å². The third kappa shape index (κ3) is 4.85. The molecule has 1 amide bonds. The number of thiophene rings is 1. The molecule has 1 aliphatic rings. The Hall–Kier alpha value is -2.42. The van der Waals surface area contributed by atoms with E-state index in [1.807, 2.05) is 36.4 Å². The first kappa shape index (κ1) is 23.3. The Morgan fingerprint density at radius 3 is 2.47 bits per heavy atom. The number of hydrogen-bond donors (Lipinski definition) is 3. The minimum absolute atomic E-state index is 0.109. The molecule has 0 bridgehead atoms. The van der Waals surface area contributed by atoms with E-state index in [4.69, 9.17) is 5.84 Å². The number of nitrogens with two attached hydrogens (primary N) is 1. The summed E-state index contributed by atoms with van der Waals surface area (Å²) >= 11 is 4.03. The molecule has 34 heavy (non-hydrogen) atoms. The van der Waals surface area contributed by atoms with E-state index >= 15 is 0 Å². The van der Waals surface area contributed by atoms with Crippen LogP contribution in [-0.4, -0.2) is 5.91 Å². The van der Waals surface area contributed by atoms with E-state index in [9.17, 15) is 4.79 Å². The third-order valence-corrected chi connectivity index (χ3v) is 8.68. The highest BCUT2D eigenvalue weighted by molar-refractivity contribution is 14.1. The first-order valence-corrected chi connectivity index (χ1v) is 14.1. The number of hydrogen-bond acceptors (Lipinski definition) is 4. The van der Waals surface area contributed by atoms with E-state index in [-0.39, 0.29) is 5.91 Å². The van der Waals surface area contributed by atoms with Gasteiger partial charge in [-0.25, -0.2) is 0 Å². The van der Waals surface area contributed by atoms with Gasteiger partial charge in [-0.3, -0.25) is 10.6 Å². The normalized spacial score (nSPS) is 14.3. The van der Waals surface area contributed by atoms with Gasteiger partial charge in [0.05, 0.1) is 5.69 Å². The van der Waals surface area contributed by atoms with Crippen molar-refractivity contribution in [2.45, 2.75) is 42.4 Å². The molecule has 174 valence electrons. The van der Waals surface area contributed by atoms with Gasteiger partial charge in [0.2, 0.25) is 0 Å². The quantitative estimate of drug-likeness (QED) is 0.0934. The molecule has 0 aliphatic heterocycles. The zero-order valence-corrected chi connectivity index (χ0v) is 21.9. The molecule has 1 fully saturated rings. The van der Waals surface area contributed by atoms with Gasteiger partial charge >= 0.3 is 0 Å². The SMILES string of the molecule is NNc1c(CI)cc(C(=O)Nc2ccc(C3CCCCC3)cc2)cc1-c1cc2ccccc2s1. The van der Waals surface area contributed by atoms with Crippen molar-refractivity contribution in [2.75, 3.05) is 10.7 Å². The maximum Gasteiger partial charge on any atom is 0.255 e. The standard InChI is InChI=1S/C28H28IN3OS/c29-17-22-14-21(15-24(27(22)32-30)26-16-20-8-4-5-9-25(20)34-26)28(33)31-23-12-10-19(11-13-23)18-6-2-1-3-7-18/h4-5,8-16,18,32H,1-3,6-7,17,30H2,(H,31,33). The molecule has 5 rings (SSSR count). The summed E-state index contributed by atoms with van der Waals surface area (Å²) in [7, 11) is 0. The molecule has 6 heteroatoms. The first-order chi connectivity index (χ1) is 16.7. The monoisotopic (exact) mass is 581 g/mol. The molecule has 0 atom stereocenters. The molecule has 1 aromatic heterocycles. The fourth-order valence-corrected chi connectivity index (χ4v) is 6.58. The molecular weight excluding hydrogens is 553 g/mol. The number of benzene rings is 3. The number of hydrazine groups is 1. The lowest BCUT2D eigenvalue weighted by Crippen LogP contribution is -2.15. The van der Waals surface area contributed by atoms with Crippen molar-refractivity contribution in [2.24, 2.45) is 5.84 Å². The lowest BCUT2D eigenvalue weighted by molar-refractivity contribution is 0.102. The summed E-state index contributed by atoms with van der Waals surface area (Å²) in [6.45, 7) is 0. The number of alkyl halides is 1. The summed E-state index contributed by atoms with van der Waals surface area (Å²) < 4.78 is 1.95. The lowest BCUT2D eigenvalue weighted by atomic mass is 9.84. The van der Waals surface area contributed by atoms with Gasteiger partial charge in [-0.15, -0.1) is 11.3 Å². The fraction of sp³-hybridized carbons (Fsp3) is 0.250. The molecule has 0 unspecified atom stereocenters. The Morgan fingerprint density at radius 1 is 1.00 bits per heavy atom. The summed E-state index contributed by atoms with van der Waals surface area (Å²) in [6.07, 6.45) is 6.53. The van der Waals surface area contributed by atoms with Gasteiger partial charge in [0, 0.05) is 30.8 Å². The van der Waals surface area contributed by atoms with E-state index in [0.29, 0.717) is 11.5 Å². The molecule has 1 aliphatic carbocycles. The Morgan fingerprint density at radius 2 is 1.76 bits per heavy atom. The predicted molar refractivity (Wildman–Crippen MR) is 153 cm³/mol. The van der Waals surface area contributed by atoms with E-state index in [0.717, 1.165) is 31.8 Å². The van der Waals surface area contributed by atoms with Crippen LogP contribution in [0, 0.1) is 0 Å². The Balaban J connectivity index is 1.43. The zero-order chi connectivity index (χ0) is 23.5.